The summed E-state index contributed by atoms with van der Waals surface area (Å²) in [6.45, 7) is -0.212. The van der Waals surface area contributed by atoms with E-state index in [1.807, 2.05) is 0 Å². The highest BCUT2D eigenvalue weighted by Crippen LogP contribution is 2.26. The molecule has 0 fully saturated rings. The van der Waals surface area contributed by atoms with Crippen molar-refractivity contribution >= 4 is 28.9 Å². The highest BCUT2D eigenvalue weighted by Gasteiger charge is 2.10. The van der Waals surface area contributed by atoms with Crippen molar-refractivity contribution < 1.29 is 15.0 Å². The van der Waals surface area contributed by atoms with E-state index in [1.165, 1.54) is 6.07 Å². The zero-order valence-electron chi connectivity index (χ0n) is 5.37. The van der Waals surface area contributed by atoms with Gasteiger partial charge in [-0.05, 0) is 6.07 Å². The Hall–Kier alpha value is -0.580. The fourth-order valence-electron chi connectivity index (χ4n) is 0.620. The topological polar surface area (TPSA) is 57.5 Å². The van der Waals surface area contributed by atoms with Gasteiger partial charge >= 0.3 is 5.97 Å². The number of halogens is 1. The van der Waals surface area contributed by atoms with Gasteiger partial charge in [0.25, 0.3) is 0 Å². The van der Waals surface area contributed by atoms with Crippen molar-refractivity contribution in [1.29, 1.82) is 0 Å². The van der Waals surface area contributed by atoms with Gasteiger partial charge in [0, 0.05) is 4.88 Å². The Morgan fingerprint density at radius 1 is 1.73 bits per heavy atom. The summed E-state index contributed by atoms with van der Waals surface area (Å²) in [6.07, 6.45) is 0. The second-order valence-corrected chi connectivity index (χ2v) is 3.39. The molecule has 0 aliphatic heterocycles. The van der Waals surface area contributed by atoms with E-state index in [9.17, 15) is 4.79 Å². The van der Waals surface area contributed by atoms with Gasteiger partial charge in [0.1, 0.15) is 4.88 Å². The molecular weight excluding hydrogens is 188 g/mol. The van der Waals surface area contributed by atoms with Crippen LogP contribution in [0.25, 0.3) is 0 Å². The predicted octanol–water partition coefficient (Wildman–Crippen LogP) is 1.59. The van der Waals surface area contributed by atoms with E-state index >= 15 is 0 Å². The number of carbonyl (C=O) groups is 1. The molecule has 0 bridgehead atoms. The number of carboxylic acid groups (broad SMARTS) is 1. The molecule has 5 heteroatoms. The number of rotatable bonds is 2. The van der Waals surface area contributed by atoms with Crippen molar-refractivity contribution in [3.05, 3.63) is 20.8 Å². The minimum absolute atomic E-state index is 0.152. The van der Waals surface area contributed by atoms with Crippen molar-refractivity contribution in [2.75, 3.05) is 0 Å². The number of carboxylic acids is 1. The van der Waals surface area contributed by atoms with Crippen LogP contribution in [0.3, 0.4) is 0 Å². The summed E-state index contributed by atoms with van der Waals surface area (Å²) in [5, 5.41) is 17.4. The van der Waals surface area contributed by atoms with Crippen LogP contribution in [0.2, 0.25) is 5.02 Å². The molecule has 60 valence electrons. The molecule has 0 unspecified atom stereocenters. The molecule has 2 N–H and O–H groups in total. The van der Waals surface area contributed by atoms with Gasteiger partial charge in [-0.15, -0.1) is 11.3 Å². The molecule has 0 atom stereocenters. The molecule has 0 amide bonds. The maximum atomic E-state index is 10.4. The van der Waals surface area contributed by atoms with Crippen LogP contribution < -0.4 is 0 Å². The molecular formula is C6H5ClO3S. The Labute approximate surface area is 71.9 Å². The highest BCUT2D eigenvalue weighted by atomic mass is 35.5. The standard InChI is InChI=1S/C6H5ClO3S/c7-3-1-4(6(9)10)11-5(3)2-8/h1,8H,2H2,(H,9,10). The van der Waals surface area contributed by atoms with E-state index in [4.69, 9.17) is 21.8 Å². The lowest BCUT2D eigenvalue weighted by Gasteiger charge is -1.85. The molecule has 1 rings (SSSR count). The van der Waals surface area contributed by atoms with Crippen LogP contribution >= 0.6 is 22.9 Å². The molecule has 0 saturated heterocycles. The smallest absolute Gasteiger partial charge is 0.345 e. The number of aromatic carboxylic acids is 1. The fourth-order valence-corrected chi connectivity index (χ4v) is 1.72. The number of aliphatic hydroxyl groups is 1. The quantitative estimate of drug-likeness (QED) is 0.748. The Kier molecular flexibility index (Phi) is 2.49. The predicted molar refractivity (Wildman–Crippen MR) is 42.2 cm³/mol. The van der Waals surface area contributed by atoms with E-state index in [-0.39, 0.29) is 11.5 Å². The highest BCUT2D eigenvalue weighted by molar-refractivity contribution is 7.14. The zero-order chi connectivity index (χ0) is 8.43. The largest absolute Gasteiger partial charge is 0.477 e. The van der Waals surface area contributed by atoms with Gasteiger partial charge in [-0.2, -0.15) is 0 Å². The van der Waals surface area contributed by atoms with E-state index < -0.39 is 5.97 Å². The van der Waals surface area contributed by atoms with Gasteiger partial charge in [0.15, 0.2) is 0 Å². The maximum Gasteiger partial charge on any atom is 0.345 e. The third kappa shape index (κ3) is 1.71. The summed E-state index contributed by atoms with van der Waals surface area (Å²) in [4.78, 5) is 11.0. The first-order chi connectivity index (χ1) is 5.15. The van der Waals surface area contributed by atoms with Gasteiger partial charge in [-0.1, -0.05) is 11.6 Å². The SMILES string of the molecule is O=C(O)c1cc(Cl)c(CO)s1. The number of thiophene rings is 1. The Morgan fingerprint density at radius 3 is 2.64 bits per heavy atom. The van der Waals surface area contributed by atoms with Crippen molar-refractivity contribution in [2.45, 2.75) is 6.61 Å². The first kappa shape index (κ1) is 8.52. The molecule has 1 aromatic heterocycles. The van der Waals surface area contributed by atoms with Crippen molar-refractivity contribution in [2.24, 2.45) is 0 Å². The summed E-state index contributed by atoms with van der Waals surface area (Å²) in [5.74, 6) is -1.02. The van der Waals surface area contributed by atoms with Crippen LogP contribution in [0, 0.1) is 0 Å². The van der Waals surface area contributed by atoms with Gasteiger partial charge in [0.05, 0.1) is 11.6 Å². The lowest BCUT2D eigenvalue weighted by molar-refractivity contribution is 0.0702. The van der Waals surface area contributed by atoms with E-state index in [2.05, 4.69) is 0 Å². The van der Waals surface area contributed by atoms with Crippen LogP contribution in [0.5, 0.6) is 0 Å². The number of hydrogen-bond donors (Lipinski definition) is 2. The molecule has 0 spiro atoms. The fraction of sp³-hybridized carbons (Fsp3) is 0.167. The summed E-state index contributed by atoms with van der Waals surface area (Å²) in [6, 6.07) is 1.33. The zero-order valence-corrected chi connectivity index (χ0v) is 6.95. The molecule has 1 aromatic rings. The molecule has 0 aliphatic carbocycles. The minimum atomic E-state index is -1.02. The Morgan fingerprint density at radius 2 is 2.36 bits per heavy atom. The van der Waals surface area contributed by atoms with Gasteiger partial charge in [-0.3, -0.25) is 0 Å². The van der Waals surface area contributed by atoms with Crippen LogP contribution in [0.4, 0.5) is 0 Å². The Balaban J connectivity index is 3.05. The lowest BCUT2D eigenvalue weighted by Crippen LogP contribution is -1.89. The summed E-state index contributed by atoms with van der Waals surface area (Å²) in [7, 11) is 0. The molecule has 0 aliphatic rings. The van der Waals surface area contributed by atoms with Gasteiger partial charge in [0.2, 0.25) is 0 Å². The monoisotopic (exact) mass is 192 g/mol. The van der Waals surface area contributed by atoms with Crippen molar-refractivity contribution in [3.8, 4) is 0 Å². The first-order valence-corrected chi connectivity index (χ1v) is 3.97. The van der Waals surface area contributed by atoms with E-state index in [0.29, 0.717) is 9.90 Å². The second-order valence-electron chi connectivity index (χ2n) is 1.85. The average molecular weight is 193 g/mol. The Bertz CT molecular complexity index is 281. The van der Waals surface area contributed by atoms with E-state index in [1.54, 1.807) is 0 Å². The summed E-state index contributed by atoms with van der Waals surface area (Å²) >= 11 is 6.56. The molecule has 11 heavy (non-hydrogen) atoms. The molecule has 0 radical (unpaired) electrons. The van der Waals surface area contributed by atoms with Crippen LogP contribution in [-0.4, -0.2) is 16.2 Å². The van der Waals surface area contributed by atoms with E-state index in [0.717, 1.165) is 11.3 Å². The summed E-state index contributed by atoms with van der Waals surface area (Å²) < 4.78 is 0. The summed E-state index contributed by atoms with van der Waals surface area (Å²) in [5.41, 5.74) is 0. The minimum Gasteiger partial charge on any atom is -0.477 e. The van der Waals surface area contributed by atoms with Crippen molar-refractivity contribution in [3.63, 3.8) is 0 Å². The second kappa shape index (κ2) is 3.21. The third-order valence-corrected chi connectivity index (χ3v) is 2.67. The number of hydrogen-bond acceptors (Lipinski definition) is 3. The lowest BCUT2D eigenvalue weighted by atomic mass is 10.4. The van der Waals surface area contributed by atoms with Crippen LogP contribution in [0.15, 0.2) is 6.07 Å². The third-order valence-electron chi connectivity index (χ3n) is 1.11. The molecule has 1 heterocycles. The number of aliphatic hydroxyl groups excluding tert-OH is 1. The van der Waals surface area contributed by atoms with Crippen LogP contribution in [0.1, 0.15) is 14.5 Å². The molecule has 3 nitrogen and oxygen atoms in total. The van der Waals surface area contributed by atoms with Crippen LogP contribution in [-0.2, 0) is 6.61 Å². The van der Waals surface area contributed by atoms with Gasteiger partial charge < -0.3 is 10.2 Å². The maximum absolute atomic E-state index is 10.4. The molecule has 0 aromatic carbocycles. The molecule has 0 saturated carbocycles. The van der Waals surface area contributed by atoms with Gasteiger partial charge in [-0.25, -0.2) is 4.79 Å². The first-order valence-electron chi connectivity index (χ1n) is 2.77. The van der Waals surface area contributed by atoms with Crippen molar-refractivity contribution in [1.82, 2.24) is 0 Å². The normalized spacial score (nSPS) is 10.0. The average Bonchev–Trinajstić information content (AvgIpc) is 2.31.